The normalized spacial score (nSPS) is 32.0. The molecule has 2 unspecified atom stereocenters. The number of aliphatic hydroxyl groups is 2. The second-order valence-corrected chi connectivity index (χ2v) is 2.01. The maximum Gasteiger partial charge on any atom is 0.330 e. The second-order valence-electron chi connectivity index (χ2n) is 2.01. The van der Waals surface area contributed by atoms with Crippen molar-refractivity contribution in [1.82, 2.24) is 0 Å². The van der Waals surface area contributed by atoms with Crippen molar-refractivity contribution >= 4 is 5.97 Å². The molecule has 2 atom stereocenters. The zero-order chi connectivity index (χ0) is 7.56. The Morgan fingerprint density at radius 3 is 2.90 bits per heavy atom. The van der Waals surface area contributed by atoms with Gasteiger partial charge in [0.25, 0.3) is 0 Å². The van der Waals surface area contributed by atoms with Crippen LogP contribution in [-0.4, -0.2) is 35.0 Å². The lowest BCUT2D eigenvalue weighted by Crippen LogP contribution is -2.35. The fourth-order valence-electron chi connectivity index (χ4n) is 0.705. The van der Waals surface area contributed by atoms with Gasteiger partial charge in [-0.15, -0.1) is 0 Å². The molecule has 0 aliphatic carbocycles. The fraction of sp³-hybridized carbons (Fsp3) is 0.500. The second kappa shape index (κ2) is 2.81. The molecule has 4 heteroatoms. The van der Waals surface area contributed by atoms with Crippen LogP contribution in [0.15, 0.2) is 12.2 Å². The molecule has 1 rings (SSSR count). The minimum Gasteiger partial charge on any atom is -0.454 e. The predicted molar refractivity (Wildman–Crippen MR) is 32.1 cm³/mol. The quantitative estimate of drug-likeness (QED) is 0.455. The summed E-state index contributed by atoms with van der Waals surface area (Å²) in [6, 6.07) is 0. The van der Waals surface area contributed by atoms with Crippen LogP contribution in [0.4, 0.5) is 0 Å². The summed E-state index contributed by atoms with van der Waals surface area (Å²) >= 11 is 0. The third-order valence-corrected chi connectivity index (χ3v) is 1.26. The van der Waals surface area contributed by atoms with Gasteiger partial charge < -0.3 is 14.9 Å². The molecule has 0 amide bonds. The molecule has 1 heterocycles. The number of aliphatic hydroxyl groups excluding tert-OH is 2. The summed E-state index contributed by atoms with van der Waals surface area (Å²) in [6.45, 7) is -0.350. The number of ether oxygens (including phenoxy) is 1. The van der Waals surface area contributed by atoms with E-state index in [2.05, 4.69) is 4.74 Å². The van der Waals surface area contributed by atoms with Crippen LogP contribution in [0.25, 0.3) is 0 Å². The molecule has 2 N–H and O–H groups in total. The summed E-state index contributed by atoms with van der Waals surface area (Å²) in [4.78, 5) is 10.4. The van der Waals surface area contributed by atoms with Gasteiger partial charge in [0, 0.05) is 6.08 Å². The zero-order valence-corrected chi connectivity index (χ0v) is 5.23. The van der Waals surface area contributed by atoms with E-state index < -0.39 is 18.2 Å². The van der Waals surface area contributed by atoms with Crippen molar-refractivity contribution in [1.29, 1.82) is 0 Å². The highest BCUT2D eigenvalue weighted by Gasteiger charge is 2.23. The van der Waals surface area contributed by atoms with E-state index >= 15 is 0 Å². The van der Waals surface area contributed by atoms with E-state index in [1.54, 1.807) is 0 Å². The summed E-state index contributed by atoms with van der Waals surface area (Å²) in [5.74, 6) is -0.524. The Hall–Kier alpha value is -0.870. The summed E-state index contributed by atoms with van der Waals surface area (Å²) in [6.07, 6.45) is 0.768. The van der Waals surface area contributed by atoms with Crippen LogP contribution in [0.1, 0.15) is 0 Å². The van der Waals surface area contributed by atoms with Crippen LogP contribution in [0.3, 0.4) is 0 Å². The maximum absolute atomic E-state index is 10.4. The van der Waals surface area contributed by atoms with E-state index in [1.165, 1.54) is 6.08 Å². The first-order valence-corrected chi connectivity index (χ1v) is 2.92. The number of carbonyl (C=O) groups is 1. The van der Waals surface area contributed by atoms with Crippen molar-refractivity contribution in [2.75, 3.05) is 6.61 Å². The molecule has 0 saturated carbocycles. The van der Waals surface area contributed by atoms with Crippen molar-refractivity contribution in [3.63, 3.8) is 0 Å². The molecular weight excluding hydrogens is 136 g/mol. The molecule has 0 saturated heterocycles. The van der Waals surface area contributed by atoms with Gasteiger partial charge in [-0.3, -0.25) is 0 Å². The van der Waals surface area contributed by atoms with E-state index in [0.29, 0.717) is 0 Å². The molecule has 4 nitrogen and oxygen atoms in total. The Morgan fingerprint density at radius 1 is 1.70 bits per heavy atom. The monoisotopic (exact) mass is 144 g/mol. The Labute approximate surface area is 57.7 Å². The van der Waals surface area contributed by atoms with Crippen molar-refractivity contribution in [2.45, 2.75) is 12.2 Å². The average Bonchev–Trinajstić information content (AvgIpc) is 1.94. The van der Waals surface area contributed by atoms with Gasteiger partial charge in [0.15, 0.2) is 6.10 Å². The minimum atomic E-state index is -0.873. The van der Waals surface area contributed by atoms with Crippen molar-refractivity contribution in [3.05, 3.63) is 12.2 Å². The molecule has 0 bridgehead atoms. The smallest absolute Gasteiger partial charge is 0.330 e. The van der Waals surface area contributed by atoms with E-state index in [0.717, 1.165) is 6.08 Å². The van der Waals surface area contributed by atoms with Crippen LogP contribution in [0.5, 0.6) is 0 Å². The molecule has 1 aliphatic rings. The summed E-state index contributed by atoms with van der Waals surface area (Å²) < 4.78 is 4.52. The molecule has 56 valence electrons. The highest BCUT2D eigenvalue weighted by atomic mass is 16.6. The number of esters is 1. The maximum atomic E-state index is 10.4. The Kier molecular flexibility index (Phi) is 2.03. The number of hydrogen-bond acceptors (Lipinski definition) is 4. The van der Waals surface area contributed by atoms with Crippen LogP contribution in [-0.2, 0) is 9.53 Å². The molecule has 0 radical (unpaired) electrons. The lowest BCUT2D eigenvalue weighted by Gasteiger charge is -2.20. The third-order valence-electron chi connectivity index (χ3n) is 1.26. The Bertz CT molecular complexity index is 163. The van der Waals surface area contributed by atoms with Gasteiger partial charge in [0.2, 0.25) is 0 Å². The minimum absolute atomic E-state index is 0.350. The molecule has 0 aromatic rings. The van der Waals surface area contributed by atoms with Gasteiger partial charge in [-0.05, 0) is 6.08 Å². The Morgan fingerprint density at radius 2 is 2.40 bits per heavy atom. The molecule has 10 heavy (non-hydrogen) atoms. The van der Waals surface area contributed by atoms with Crippen molar-refractivity contribution in [3.8, 4) is 0 Å². The molecule has 0 fully saturated rings. The van der Waals surface area contributed by atoms with Crippen LogP contribution in [0, 0.1) is 0 Å². The molecular formula is C6H8O4. The van der Waals surface area contributed by atoms with Crippen LogP contribution >= 0.6 is 0 Å². The molecule has 1 aliphatic heterocycles. The van der Waals surface area contributed by atoms with Gasteiger partial charge in [0.1, 0.15) is 6.10 Å². The first-order chi connectivity index (χ1) is 4.74. The molecule has 0 spiro atoms. The first kappa shape index (κ1) is 7.24. The highest BCUT2D eigenvalue weighted by Crippen LogP contribution is 2.06. The third kappa shape index (κ3) is 1.34. The zero-order valence-electron chi connectivity index (χ0n) is 5.23. The predicted octanol–water partition coefficient (Wildman–Crippen LogP) is -1.18. The summed E-state index contributed by atoms with van der Waals surface area (Å²) in [5.41, 5.74) is 0. The van der Waals surface area contributed by atoms with E-state index in [9.17, 15) is 4.79 Å². The molecule has 0 aromatic heterocycles. The van der Waals surface area contributed by atoms with Crippen molar-refractivity contribution in [2.24, 2.45) is 0 Å². The lowest BCUT2D eigenvalue weighted by atomic mass is 10.1. The number of carbonyl (C=O) groups excluding carboxylic acids is 1. The van der Waals surface area contributed by atoms with Gasteiger partial charge in [0.05, 0.1) is 6.61 Å². The van der Waals surface area contributed by atoms with E-state index in [1.807, 2.05) is 0 Å². The van der Waals surface area contributed by atoms with Gasteiger partial charge in [-0.25, -0.2) is 4.79 Å². The lowest BCUT2D eigenvalue weighted by molar-refractivity contribution is -0.152. The molecule has 0 aromatic carbocycles. The topological polar surface area (TPSA) is 66.8 Å². The van der Waals surface area contributed by atoms with Gasteiger partial charge >= 0.3 is 5.97 Å². The average molecular weight is 144 g/mol. The number of cyclic esters (lactones) is 1. The standard InChI is InChI=1S/C6H8O4/c7-3-5-4(8)1-2-6(9)10-5/h1-2,4-5,7-8H,3H2. The largest absolute Gasteiger partial charge is 0.454 e. The van der Waals surface area contributed by atoms with Gasteiger partial charge in [-0.1, -0.05) is 0 Å². The van der Waals surface area contributed by atoms with Crippen LogP contribution < -0.4 is 0 Å². The summed E-state index contributed by atoms with van der Waals surface area (Å²) in [7, 11) is 0. The van der Waals surface area contributed by atoms with E-state index in [4.69, 9.17) is 10.2 Å². The summed E-state index contributed by atoms with van der Waals surface area (Å²) in [5, 5.41) is 17.5. The number of hydrogen-bond donors (Lipinski definition) is 2. The van der Waals surface area contributed by atoms with Crippen LogP contribution in [0.2, 0.25) is 0 Å². The van der Waals surface area contributed by atoms with Gasteiger partial charge in [-0.2, -0.15) is 0 Å². The van der Waals surface area contributed by atoms with Crippen molar-refractivity contribution < 1.29 is 19.7 Å². The highest BCUT2D eigenvalue weighted by molar-refractivity contribution is 5.83. The number of rotatable bonds is 1. The SMILES string of the molecule is O=C1C=CC(O)C(CO)O1. The van der Waals surface area contributed by atoms with E-state index in [-0.39, 0.29) is 6.61 Å². The fourth-order valence-corrected chi connectivity index (χ4v) is 0.705. The first-order valence-electron chi connectivity index (χ1n) is 2.92. The Balaban J connectivity index is 2.62.